The molecule has 0 radical (unpaired) electrons. The number of non-ortho nitro benzene ring substituents is 1. The SMILES string of the molecule is CCC(NSC1C(OC)[C@]2(C)CC[C@H]1C2(C)C)c1ccc([N+](=O)[O-])cc1. The van der Waals surface area contributed by atoms with Crippen molar-refractivity contribution in [3.63, 3.8) is 0 Å². The van der Waals surface area contributed by atoms with Gasteiger partial charge in [0.15, 0.2) is 0 Å². The largest absolute Gasteiger partial charge is 0.380 e. The molecule has 5 atom stereocenters. The van der Waals surface area contributed by atoms with Crippen LogP contribution >= 0.6 is 11.9 Å². The Morgan fingerprint density at radius 2 is 2.00 bits per heavy atom. The Bertz CT molecular complexity index is 664. The van der Waals surface area contributed by atoms with E-state index in [0.29, 0.717) is 11.2 Å². The number of nitrogens with one attached hydrogen (secondary N) is 1. The molecule has 2 fully saturated rings. The number of ether oxygens (including phenoxy) is 1. The highest BCUT2D eigenvalue weighted by Gasteiger charge is 2.66. The van der Waals surface area contributed by atoms with Gasteiger partial charge < -0.3 is 4.74 Å². The normalized spacial score (nSPS) is 33.3. The summed E-state index contributed by atoms with van der Waals surface area (Å²) in [4.78, 5) is 10.5. The van der Waals surface area contributed by atoms with Crippen LogP contribution in [0.3, 0.4) is 0 Å². The molecule has 2 bridgehead atoms. The molecule has 1 aromatic rings. The fraction of sp³-hybridized carbons (Fsp3) is 0.700. The van der Waals surface area contributed by atoms with Gasteiger partial charge in [0.2, 0.25) is 0 Å². The van der Waals surface area contributed by atoms with Gasteiger partial charge in [-0.2, -0.15) is 0 Å². The molecule has 0 heterocycles. The average molecular weight is 379 g/mol. The van der Waals surface area contributed by atoms with Gasteiger partial charge in [0.05, 0.1) is 11.0 Å². The lowest BCUT2D eigenvalue weighted by Gasteiger charge is -2.39. The molecule has 0 aromatic heterocycles. The van der Waals surface area contributed by atoms with Crippen molar-refractivity contribution in [2.45, 2.75) is 64.4 Å². The molecule has 0 spiro atoms. The molecule has 3 rings (SSSR count). The summed E-state index contributed by atoms with van der Waals surface area (Å²) in [5.74, 6) is 0.643. The Morgan fingerprint density at radius 3 is 2.54 bits per heavy atom. The van der Waals surface area contributed by atoms with Crippen molar-refractivity contribution in [3.05, 3.63) is 39.9 Å². The summed E-state index contributed by atoms with van der Waals surface area (Å²) in [6, 6.07) is 7.07. The van der Waals surface area contributed by atoms with Gasteiger partial charge in [0.25, 0.3) is 5.69 Å². The number of nitrogens with zero attached hydrogens (tertiary/aromatic N) is 1. The first-order chi connectivity index (χ1) is 12.3. The van der Waals surface area contributed by atoms with Crippen LogP contribution in [0, 0.1) is 26.9 Å². The molecular weight excluding hydrogens is 348 g/mol. The van der Waals surface area contributed by atoms with Crippen molar-refractivity contribution in [1.29, 1.82) is 0 Å². The maximum absolute atomic E-state index is 10.9. The molecule has 5 nitrogen and oxygen atoms in total. The fourth-order valence-electron chi connectivity index (χ4n) is 5.13. The van der Waals surface area contributed by atoms with Crippen LogP contribution in [0.25, 0.3) is 0 Å². The zero-order chi connectivity index (χ0) is 19.1. The van der Waals surface area contributed by atoms with Crippen molar-refractivity contribution in [1.82, 2.24) is 4.72 Å². The van der Waals surface area contributed by atoms with E-state index in [1.807, 2.05) is 31.2 Å². The van der Waals surface area contributed by atoms with E-state index < -0.39 is 0 Å². The van der Waals surface area contributed by atoms with Gasteiger partial charge in [-0.1, -0.05) is 51.8 Å². The number of hydrogen-bond acceptors (Lipinski definition) is 5. The highest BCUT2D eigenvalue weighted by Crippen LogP contribution is 2.68. The topological polar surface area (TPSA) is 64.4 Å². The molecule has 26 heavy (non-hydrogen) atoms. The van der Waals surface area contributed by atoms with E-state index in [2.05, 4.69) is 32.4 Å². The number of methoxy groups -OCH3 is 1. The highest BCUT2D eigenvalue weighted by molar-refractivity contribution is 7.98. The molecule has 1 N–H and O–H groups in total. The molecule has 2 saturated carbocycles. The number of rotatable bonds is 7. The number of benzene rings is 1. The van der Waals surface area contributed by atoms with Crippen molar-refractivity contribution < 1.29 is 9.66 Å². The van der Waals surface area contributed by atoms with E-state index in [9.17, 15) is 10.1 Å². The number of nitro benzene ring substituents is 1. The molecule has 2 aliphatic rings. The minimum absolute atomic E-state index is 0.137. The van der Waals surface area contributed by atoms with Gasteiger partial charge in [-0.25, -0.2) is 0 Å². The number of nitro groups is 1. The molecule has 144 valence electrons. The third-order valence-corrected chi connectivity index (χ3v) is 8.48. The Morgan fingerprint density at radius 1 is 1.35 bits per heavy atom. The molecule has 1 aromatic carbocycles. The van der Waals surface area contributed by atoms with Gasteiger partial charge in [-0.15, -0.1) is 0 Å². The lowest BCUT2D eigenvalue weighted by molar-refractivity contribution is -0.384. The molecule has 0 aliphatic heterocycles. The molecule has 0 amide bonds. The standard InChI is InChI=1S/C20H30N2O3S/c1-6-16(13-7-9-14(10-8-13)22(23)24)21-26-17-15-11-12-20(4,18(17)25-5)19(15,2)3/h7-10,15-18,21H,6,11-12H2,1-5H3/t15-,16?,17?,18?,20+/m1/s1. The van der Waals surface area contributed by atoms with Gasteiger partial charge >= 0.3 is 0 Å². The summed E-state index contributed by atoms with van der Waals surface area (Å²) in [5, 5.41) is 11.3. The molecule has 0 saturated heterocycles. The summed E-state index contributed by atoms with van der Waals surface area (Å²) < 4.78 is 9.62. The van der Waals surface area contributed by atoms with Crippen LogP contribution in [-0.2, 0) is 4.74 Å². The van der Waals surface area contributed by atoms with Crippen LogP contribution in [0.5, 0.6) is 0 Å². The average Bonchev–Trinajstić information content (AvgIpc) is 2.94. The zero-order valence-corrected chi connectivity index (χ0v) is 17.1. The summed E-state index contributed by atoms with van der Waals surface area (Å²) in [6.45, 7) is 9.31. The predicted octanol–water partition coefficient (Wildman–Crippen LogP) is 5.12. The minimum atomic E-state index is -0.353. The first-order valence-electron chi connectivity index (χ1n) is 9.44. The van der Waals surface area contributed by atoms with Crippen molar-refractivity contribution in [3.8, 4) is 0 Å². The van der Waals surface area contributed by atoms with Gasteiger partial charge in [0, 0.05) is 35.9 Å². The summed E-state index contributed by atoms with van der Waals surface area (Å²) >= 11 is 1.81. The Balaban J connectivity index is 1.72. The fourth-order valence-corrected chi connectivity index (χ4v) is 6.93. The van der Waals surface area contributed by atoms with E-state index in [1.54, 1.807) is 12.1 Å². The lowest BCUT2D eigenvalue weighted by atomic mass is 9.70. The van der Waals surface area contributed by atoms with Crippen molar-refractivity contribution >= 4 is 17.6 Å². The number of fused-ring (bicyclic) bond motifs is 2. The van der Waals surface area contributed by atoms with E-state index >= 15 is 0 Å². The predicted molar refractivity (Wildman–Crippen MR) is 106 cm³/mol. The first kappa shape index (κ1) is 19.6. The van der Waals surface area contributed by atoms with Crippen molar-refractivity contribution in [2.75, 3.05) is 7.11 Å². The van der Waals surface area contributed by atoms with Crippen LogP contribution in [0.15, 0.2) is 24.3 Å². The Kier molecular flexibility index (Phi) is 5.39. The second-order valence-electron chi connectivity index (χ2n) is 8.45. The van der Waals surface area contributed by atoms with Crippen LogP contribution in [-0.4, -0.2) is 23.4 Å². The van der Waals surface area contributed by atoms with Gasteiger partial charge in [-0.05, 0) is 36.2 Å². The maximum Gasteiger partial charge on any atom is 0.269 e. The Hall–Kier alpha value is -1.11. The summed E-state index contributed by atoms with van der Waals surface area (Å²) in [5.41, 5.74) is 1.73. The van der Waals surface area contributed by atoms with E-state index in [0.717, 1.165) is 12.0 Å². The quantitative estimate of drug-likeness (QED) is 0.405. The third-order valence-electron chi connectivity index (χ3n) is 7.21. The highest BCUT2D eigenvalue weighted by atomic mass is 32.2. The monoisotopic (exact) mass is 378 g/mol. The lowest BCUT2D eigenvalue weighted by Crippen LogP contribution is -2.41. The third kappa shape index (κ3) is 2.96. The number of hydrogen-bond donors (Lipinski definition) is 1. The molecule has 3 unspecified atom stereocenters. The molecule has 6 heteroatoms. The second kappa shape index (κ2) is 7.13. The van der Waals surface area contributed by atoms with E-state index in [1.165, 1.54) is 12.8 Å². The van der Waals surface area contributed by atoms with Crippen LogP contribution in [0.1, 0.15) is 58.6 Å². The van der Waals surface area contributed by atoms with Crippen LogP contribution in [0.2, 0.25) is 0 Å². The summed E-state index contributed by atoms with van der Waals surface area (Å²) in [7, 11) is 1.84. The smallest absolute Gasteiger partial charge is 0.269 e. The second-order valence-corrected chi connectivity index (χ2v) is 9.47. The van der Waals surface area contributed by atoms with E-state index in [-0.39, 0.29) is 33.6 Å². The van der Waals surface area contributed by atoms with Gasteiger partial charge in [0.1, 0.15) is 0 Å². The van der Waals surface area contributed by atoms with Crippen LogP contribution < -0.4 is 4.72 Å². The van der Waals surface area contributed by atoms with E-state index in [4.69, 9.17) is 4.74 Å². The van der Waals surface area contributed by atoms with Crippen LogP contribution in [0.4, 0.5) is 5.69 Å². The van der Waals surface area contributed by atoms with Crippen molar-refractivity contribution in [2.24, 2.45) is 16.7 Å². The summed E-state index contributed by atoms with van der Waals surface area (Å²) in [6.07, 6.45) is 3.68. The zero-order valence-electron chi connectivity index (χ0n) is 16.3. The molecular formula is C20H30N2O3S. The minimum Gasteiger partial charge on any atom is -0.380 e. The van der Waals surface area contributed by atoms with Gasteiger partial charge in [-0.3, -0.25) is 14.8 Å². The first-order valence-corrected chi connectivity index (χ1v) is 10.3. The Labute approximate surface area is 160 Å². The molecule has 2 aliphatic carbocycles. The maximum atomic E-state index is 10.9.